The van der Waals surface area contributed by atoms with Crippen LogP contribution in [0.4, 0.5) is 5.69 Å². The first-order valence-electron chi connectivity index (χ1n) is 5.13. The van der Waals surface area contributed by atoms with Crippen molar-refractivity contribution in [3.8, 4) is 0 Å². The number of hydrogen-bond donors (Lipinski definition) is 1. The molecule has 0 heterocycles. The SMILES string of the molecule is CC[C@H](C)NS(=O)(=O)c1cccc([N+](=O)[O-])c1. The van der Waals surface area contributed by atoms with Crippen molar-refractivity contribution in [2.75, 3.05) is 0 Å². The van der Waals surface area contributed by atoms with E-state index in [1.54, 1.807) is 6.92 Å². The Balaban J connectivity index is 3.07. The summed E-state index contributed by atoms with van der Waals surface area (Å²) in [5.41, 5.74) is -0.239. The lowest BCUT2D eigenvalue weighted by Gasteiger charge is -2.11. The fraction of sp³-hybridized carbons (Fsp3) is 0.400. The Morgan fingerprint density at radius 3 is 2.65 bits per heavy atom. The molecule has 0 spiro atoms. The van der Waals surface area contributed by atoms with Crippen LogP contribution in [0.2, 0.25) is 0 Å². The highest BCUT2D eigenvalue weighted by molar-refractivity contribution is 7.89. The monoisotopic (exact) mass is 258 g/mol. The second-order valence-electron chi connectivity index (χ2n) is 3.69. The van der Waals surface area contributed by atoms with Crippen LogP contribution in [0.3, 0.4) is 0 Å². The molecule has 0 aliphatic rings. The van der Waals surface area contributed by atoms with Gasteiger partial charge in [-0.05, 0) is 19.4 Å². The molecule has 0 radical (unpaired) electrons. The van der Waals surface area contributed by atoms with Crippen molar-refractivity contribution in [2.24, 2.45) is 0 Å². The fourth-order valence-electron chi connectivity index (χ4n) is 1.18. The van der Waals surface area contributed by atoms with E-state index in [2.05, 4.69) is 4.72 Å². The van der Waals surface area contributed by atoms with Crippen LogP contribution in [-0.2, 0) is 10.0 Å². The summed E-state index contributed by atoms with van der Waals surface area (Å²) in [7, 11) is -3.68. The molecule has 0 aliphatic carbocycles. The van der Waals surface area contributed by atoms with Gasteiger partial charge in [-0.25, -0.2) is 13.1 Å². The highest BCUT2D eigenvalue weighted by Gasteiger charge is 2.18. The smallest absolute Gasteiger partial charge is 0.258 e. The van der Waals surface area contributed by atoms with Crippen molar-refractivity contribution in [3.63, 3.8) is 0 Å². The Morgan fingerprint density at radius 1 is 1.47 bits per heavy atom. The average molecular weight is 258 g/mol. The average Bonchev–Trinajstić information content (AvgIpc) is 2.28. The minimum atomic E-state index is -3.68. The molecule has 0 saturated carbocycles. The predicted octanol–water partition coefficient (Wildman–Crippen LogP) is 1.67. The van der Waals surface area contributed by atoms with Gasteiger partial charge in [-0.3, -0.25) is 10.1 Å². The third-order valence-corrected chi connectivity index (χ3v) is 3.89. The summed E-state index contributed by atoms with van der Waals surface area (Å²) in [5, 5.41) is 10.5. The predicted molar refractivity (Wildman–Crippen MR) is 63.2 cm³/mol. The van der Waals surface area contributed by atoms with Crippen LogP contribution < -0.4 is 4.72 Å². The van der Waals surface area contributed by atoms with Crippen LogP contribution in [0.1, 0.15) is 20.3 Å². The molecule has 7 heteroatoms. The fourth-order valence-corrected chi connectivity index (χ4v) is 2.55. The first kappa shape index (κ1) is 13.6. The number of sulfonamides is 1. The first-order valence-corrected chi connectivity index (χ1v) is 6.62. The zero-order chi connectivity index (χ0) is 13.1. The van der Waals surface area contributed by atoms with Crippen LogP contribution in [0.25, 0.3) is 0 Å². The molecular weight excluding hydrogens is 244 g/mol. The van der Waals surface area contributed by atoms with E-state index < -0.39 is 14.9 Å². The van der Waals surface area contributed by atoms with Crippen molar-refractivity contribution in [1.82, 2.24) is 4.72 Å². The number of nitrogens with zero attached hydrogens (tertiary/aromatic N) is 1. The molecule has 0 amide bonds. The number of benzene rings is 1. The van der Waals surface area contributed by atoms with E-state index in [1.165, 1.54) is 18.2 Å². The number of hydrogen-bond acceptors (Lipinski definition) is 4. The zero-order valence-electron chi connectivity index (χ0n) is 9.58. The van der Waals surface area contributed by atoms with Gasteiger partial charge in [-0.2, -0.15) is 0 Å². The molecule has 0 bridgehead atoms. The van der Waals surface area contributed by atoms with Gasteiger partial charge in [-0.1, -0.05) is 13.0 Å². The molecule has 0 aliphatic heterocycles. The van der Waals surface area contributed by atoms with Crippen LogP contribution in [0.15, 0.2) is 29.2 Å². The highest BCUT2D eigenvalue weighted by atomic mass is 32.2. The third kappa shape index (κ3) is 3.50. The van der Waals surface area contributed by atoms with Gasteiger partial charge in [0.2, 0.25) is 10.0 Å². The second kappa shape index (κ2) is 5.24. The summed E-state index contributed by atoms with van der Waals surface area (Å²) in [5.74, 6) is 0. The summed E-state index contributed by atoms with van der Waals surface area (Å²) in [6, 6.07) is 4.77. The Labute approximate surface area is 99.9 Å². The molecule has 1 N–H and O–H groups in total. The van der Waals surface area contributed by atoms with Gasteiger partial charge in [0.25, 0.3) is 5.69 Å². The van der Waals surface area contributed by atoms with Crippen molar-refractivity contribution in [3.05, 3.63) is 34.4 Å². The maximum absolute atomic E-state index is 11.8. The zero-order valence-corrected chi connectivity index (χ0v) is 10.4. The lowest BCUT2D eigenvalue weighted by atomic mass is 10.3. The maximum atomic E-state index is 11.8. The molecule has 1 rings (SSSR count). The Morgan fingerprint density at radius 2 is 2.12 bits per heavy atom. The van der Waals surface area contributed by atoms with Gasteiger partial charge < -0.3 is 0 Å². The summed E-state index contributed by atoms with van der Waals surface area (Å²) >= 11 is 0. The van der Waals surface area contributed by atoms with E-state index in [0.717, 1.165) is 6.07 Å². The minimum absolute atomic E-state index is 0.0907. The topological polar surface area (TPSA) is 89.3 Å². The Bertz CT molecular complexity index is 513. The minimum Gasteiger partial charge on any atom is -0.258 e. The summed E-state index contributed by atoms with van der Waals surface area (Å²) < 4.78 is 26.1. The van der Waals surface area contributed by atoms with Gasteiger partial charge in [0.15, 0.2) is 0 Å². The van der Waals surface area contributed by atoms with Crippen LogP contribution in [0, 0.1) is 10.1 Å². The Kier molecular flexibility index (Phi) is 4.19. The van der Waals surface area contributed by atoms with Crippen molar-refractivity contribution >= 4 is 15.7 Å². The molecular formula is C10H14N2O4S. The molecule has 1 atom stereocenters. The van der Waals surface area contributed by atoms with E-state index in [1.807, 2.05) is 6.92 Å². The second-order valence-corrected chi connectivity index (χ2v) is 5.40. The van der Waals surface area contributed by atoms with Gasteiger partial charge >= 0.3 is 0 Å². The highest BCUT2D eigenvalue weighted by Crippen LogP contribution is 2.17. The number of nitro benzene ring substituents is 1. The van der Waals surface area contributed by atoms with Crippen molar-refractivity contribution < 1.29 is 13.3 Å². The summed E-state index contributed by atoms with van der Waals surface area (Å²) in [6.45, 7) is 3.58. The number of rotatable bonds is 5. The van der Waals surface area contributed by atoms with Crippen molar-refractivity contribution in [2.45, 2.75) is 31.2 Å². The standard InChI is InChI=1S/C10H14N2O4S/c1-3-8(2)11-17(15,16)10-6-4-5-9(7-10)12(13)14/h4-8,11H,3H2,1-2H3/t8-/m0/s1. The number of non-ortho nitro benzene ring substituents is 1. The number of nitrogens with one attached hydrogen (secondary N) is 1. The summed E-state index contributed by atoms with van der Waals surface area (Å²) in [6.07, 6.45) is 0.647. The number of nitro groups is 1. The van der Waals surface area contributed by atoms with Gasteiger partial charge in [-0.15, -0.1) is 0 Å². The molecule has 0 unspecified atom stereocenters. The van der Waals surface area contributed by atoms with E-state index in [0.29, 0.717) is 6.42 Å². The van der Waals surface area contributed by atoms with Gasteiger partial charge in [0, 0.05) is 18.2 Å². The Hall–Kier alpha value is -1.47. The third-order valence-electron chi connectivity index (χ3n) is 2.31. The largest absolute Gasteiger partial charge is 0.270 e. The van der Waals surface area contributed by atoms with Crippen LogP contribution in [-0.4, -0.2) is 19.4 Å². The molecule has 6 nitrogen and oxygen atoms in total. The maximum Gasteiger partial charge on any atom is 0.270 e. The normalized spacial score (nSPS) is 13.3. The molecule has 0 saturated heterocycles. The molecule has 0 aromatic heterocycles. The molecule has 0 fully saturated rings. The van der Waals surface area contributed by atoms with Crippen molar-refractivity contribution in [1.29, 1.82) is 0 Å². The summed E-state index contributed by atoms with van der Waals surface area (Å²) in [4.78, 5) is 9.84. The first-order chi connectivity index (χ1) is 7.86. The molecule has 1 aromatic rings. The van der Waals surface area contributed by atoms with E-state index >= 15 is 0 Å². The molecule has 1 aromatic carbocycles. The molecule has 17 heavy (non-hydrogen) atoms. The van der Waals surface area contributed by atoms with E-state index in [9.17, 15) is 18.5 Å². The lowest BCUT2D eigenvalue weighted by molar-refractivity contribution is -0.385. The lowest BCUT2D eigenvalue weighted by Crippen LogP contribution is -2.31. The molecule has 94 valence electrons. The van der Waals surface area contributed by atoms with Crippen LogP contribution in [0.5, 0.6) is 0 Å². The van der Waals surface area contributed by atoms with E-state index in [-0.39, 0.29) is 16.6 Å². The van der Waals surface area contributed by atoms with E-state index in [4.69, 9.17) is 0 Å². The van der Waals surface area contributed by atoms with Gasteiger partial charge in [0.05, 0.1) is 9.82 Å². The van der Waals surface area contributed by atoms with Crippen LogP contribution >= 0.6 is 0 Å². The van der Waals surface area contributed by atoms with Gasteiger partial charge in [0.1, 0.15) is 0 Å². The quantitative estimate of drug-likeness (QED) is 0.642.